The molecule has 2 rings (SSSR count). The molecule has 2 heterocycles. The van der Waals surface area contributed by atoms with Crippen LogP contribution in [0.5, 0.6) is 0 Å². The fourth-order valence-corrected chi connectivity index (χ4v) is 4.16. The van der Waals surface area contributed by atoms with Crippen molar-refractivity contribution in [3.05, 3.63) is 16.4 Å². The first-order valence-corrected chi connectivity index (χ1v) is 8.25. The van der Waals surface area contributed by atoms with Crippen molar-refractivity contribution in [3.63, 3.8) is 0 Å². The summed E-state index contributed by atoms with van der Waals surface area (Å²) < 4.78 is 25.9. The third kappa shape index (κ3) is 2.87. The predicted octanol–water partition coefficient (Wildman–Crippen LogP) is 0.999. The highest BCUT2D eigenvalue weighted by molar-refractivity contribution is 7.90. The van der Waals surface area contributed by atoms with Gasteiger partial charge in [0.15, 0.2) is 9.84 Å². The van der Waals surface area contributed by atoms with Gasteiger partial charge in [-0.1, -0.05) is 11.6 Å². The summed E-state index contributed by atoms with van der Waals surface area (Å²) in [5.41, 5.74) is 1.30. The molecular weight excluding hydrogens is 274 g/mol. The molecule has 0 spiro atoms. The number of hydrogen-bond donors (Lipinski definition) is 1. The van der Waals surface area contributed by atoms with Crippen LogP contribution in [-0.4, -0.2) is 37.0 Å². The van der Waals surface area contributed by atoms with Gasteiger partial charge < -0.3 is 5.32 Å². The maximum atomic E-state index is 12.1. The summed E-state index contributed by atoms with van der Waals surface area (Å²) in [7, 11) is -3.12. The van der Waals surface area contributed by atoms with Crippen LogP contribution in [0.1, 0.15) is 18.3 Å². The molecular formula is C11H18ClN3O2S. The zero-order valence-electron chi connectivity index (χ0n) is 10.6. The number of sulfone groups is 1. The van der Waals surface area contributed by atoms with Gasteiger partial charge in [-0.3, -0.25) is 4.68 Å². The van der Waals surface area contributed by atoms with Gasteiger partial charge in [-0.25, -0.2) is 8.42 Å². The molecule has 0 aliphatic carbocycles. The van der Waals surface area contributed by atoms with Crippen molar-refractivity contribution in [1.82, 2.24) is 15.1 Å². The van der Waals surface area contributed by atoms with E-state index in [-0.39, 0.29) is 17.4 Å². The van der Waals surface area contributed by atoms with Gasteiger partial charge in [0.05, 0.1) is 27.9 Å². The molecule has 0 radical (unpaired) electrons. The lowest BCUT2D eigenvalue weighted by atomic mass is 10.1. The Balaban J connectivity index is 2.17. The first-order valence-electron chi connectivity index (χ1n) is 6.06. The van der Waals surface area contributed by atoms with Crippen molar-refractivity contribution < 1.29 is 8.42 Å². The highest BCUT2D eigenvalue weighted by atomic mass is 35.5. The minimum atomic E-state index is -3.12. The molecule has 1 saturated heterocycles. The van der Waals surface area contributed by atoms with Gasteiger partial charge in [0, 0.05) is 19.6 Å². The van der Waals surface area contributed by atoms with Crippen LogP contribution < -0.4 is 5.32 Å². The van der Waals surface area contributed by atoms with Crippen LogP contribution >= 0.6 is 11.6 Å². The van der Waals surface area contributed by atoms with Gasteiger partial charge in [-0.15, -0.1) is 0 Å². The number of nitrogens with one attached hydrogen (secondary N) is 1. The van der Waals surface area contributed by atoms with Crippen LogP contribution in [0.4, 0.5) is 0 Å². The second-order valence-corrected chi connectivity index (χ2v) is 7.23. The molecule has 7 heteroatoms. The molecule has 18 heavy (non-hydrogen) atoms. The molecule has 1 aromatic rings. The Bertz CT molecular complexity index is 535. The Hall–Kier alpha value is -0.590. The quantitative estimate of drug-likeness (QED) is 0.879. The number of aryl methyl sites for hydroxylation is 2. The molecule has 0 unspecified atom stereocenters. The summed E-state index contributed by atoms with van der Waals surface area (Å²) in [6, 6.07) is 0. The first kappa shape index (κ1) is 13.8. The van der Waals surface area contributed by atoms with E-state index in [2.05, 4.69) is 10.4 Å². The van der Waals surface area contributed by atoms with E-state index in [1.54, 1.807) is 11.6 Å². The molecule has 0 saturated carbocycles. The highest BCUT2D eigenvalue weighted by Gasteiger charge is 2.26. The molecule has 1 aliphatic rings. The minimum Gasteiger partial charge on any atom is -0.316 e. The van der Waals surface area contributed by atoms with E-state index in [0.717, 1.165) is 13.1 Å². The molecule has 102 valence electrons. The molecule has 1 aliphatic heterocycles. The Labute approximate surface area is 112 Å². The lowest BCUT2D eigenvalue weighted by molar-refractivity contribution is 0.378. The average molecular weight is 292 g/mol. The molecule has 1 fully saturated rings. The first-order chi connectivity index (χ1) is 8.43. The summed E-state index contributed by atoms with van der Waals surface area (Å²) in [5, 5.41) is 7.79. The fraction of sp³-hybridized carbons (Fsp3) is 0.727. The van der Waals surface area contributed by atoms with Crippen molar-refractivity contribution in [3.8, 4) is 0 Å². The SMILES string of the molecule is CCn1nc(C)c(Cl)c1CS(=O)(=O)CC1CNC1. The minimum absolute atomic E-state index is 0.0169. The number of aromatic nitrogens is 2. The van der Waals surface area contributed by atoms with Crippen molar-refractivity contribution >= 4 is 21.4 Å². The van der Waals surface area contributed by atoms with Gasteiger partial charge >= 0.3 is 0 Å². The summed E-state index contributed by atoms with van der Waals surface area (Å²) in [5.74, 6) is 0.453. The van der Waals surface area contributed by atoms with Crippen LogP contribution in [0.25, 0.3) is 0 Å². The van der Waals surface area contributed by atoms with E-state index < -0.39 is 9.84 Å². The summed E-state index contributed by atoms with van der Waals surface area (Å²) >= 11 is 6.12. The smallest absolute Gasteiger partial charge is 0.156 e. The monoisotopic (exact) mass is 291 g/mol. The molecule has 1 aromatic heterocycles. The third-order valence-corrected chi connectivity index (χ3v) is 5.35. The summed E-state index contributed by atoms with van der Waals surface area (Å²) in [6.45, 7) is 5.93. The van der Waals surface area contributed by atoms with Gasteiger partial charge in [-0.2, -0.15) is 5.10 Å². The highest BCUT2D eigenvalue weighted by Crippen LogP contribution is 2.23. The van der Waals surface area contributed by atoms with Crippen molar-refractivity contribution in [1.29, 1.82) is 0 Å². The van der Waals surface area contributed by atoms with E-state index in [0.29, 0.717) is 23.0 Å². The van der Waals surface area contributed by atoms with Crippen molar-refractivity contribution in [2.24, 2.45) is 5.92 Å². The van der Waals surface area contributed by atoms with E-state index >= 15 is 0 Å². The average Bonchev–Trinajstić information content (AvgIpc) is 2.51. The number of nitrogens with zero attached hydrogens (tertiary/aromatic N) is 2. The zero-order chi connectivity index (χ0) is 13.3. The van der Waals surface area contributed by atoms with E-state index in [1.165, 1.54) is 0 Å². The lowest BCUT2D eigenvalue weighted by Gasteiger charge is -2.26. The number of halogens is 1. The fourth-order valence-electron chi connectivity index (χ4n) is 2.10. The Morgan fingerprint density at radius 1 is 1.50 bits per heavy atom. The van der Waals surface area contributed by atoms with Crippen molar-refractivity contribution in [2.75, 3.05) is 18.8 Å². The lowest BCUT2D eigenvalue weighted by Crippen LogP contribution is -2.45. The molecule has 5 nitrogen and oxygen atoms in total. The molecule has 0 amide bonds. The maximum absolute atomic E-state index is 12.1. The van der Waals surface area contributed by atoms with Crippen LogP contribution in [0, 0.1) is 12.8 Å². The predicted molar refractivity (Wildman–Crippen MR) is 71.5 cm³/mol. The zero-order valence-corrected chi connectivity index (χ0v) is 12.2. The normalized spacial score (nSPS) is 16.8. The molecule has 0 atom stereocenters. The van der Waals surface area contributed by atoms with Crippen LogP contribution in [0.15, 0.2) is 0 Å². The molecule has 0 aromatic carbocycles. The van der Waals surface area contributed by atoms with Gasteiger partial charge in [0.2, 0.25) is 0 Å². The van der Waals surface area contributed by atoms with Gasteiger partial charge in [0.1, 0.15) is 0 Å². The van der Waals surface area contributed by atoms with E-state index in [1.807, 2.05) is 6.92 Å². The second kappa shape index (κ2) is 5.19. The Morgan fingerprint density at radius 2 is 2.17 bits per heavy atom. The Morgan fingerprint density at radius 3 is 2.67 bits per heavy atom. The number of rotatable bonds is 5. The topological polar surface area (TPSA) is 64.0 Å². The molecule has 1 N–H and O–H groups in total. The Kier molecular flexibility index (Phi) is 3.99. The standard InChI is InChI=1S/C11H18ClN3O2S/c1-3-15-10(11(12)8(2)14-15)7-18(16,17)6-9-4-13-5-9/h9,13H,3-7H2,1-2H3. The number of hydrogen-bond acceptors (Lipinski definition) is 4. The van der Waals surface area contributed by atoms with Gasteiger partial charge in [0.25, 0.3) is 0 Å². The second-order valence-electron chi connectivity index (χ2n) is 4.74. The van der Waals surface area contributed by atoms with E-state index in [9.17, 15) is 8.42 Å². The van der Waals surface area contributed by atoms with E-state index in [4.69, 9.17) is 11.6 Å². The van der Waals surface area contributed by atoms with Gasteiger partial charge in [-0.05, 0) is 19.8 Å². The third-order valence-electron chi connectivity index (χ3n) is 3.17. The molecule has 0 bridgehead atoms. The van der Waals surface area contributed by atoms with Crippen LogP contribution in [0.2, 0.25) is 5.02 Å². The summed E-state index contributed by atoms with van der Waals surface area (Å²) in [4.78, 5) is 0. The van der Waals surface area contributed by atoms with Crippen molar-refractivity contribution in [2.45, 2.75) is 26.1 Å². The largest absolute Gasteiger partial charge is 0.316 e. The van der Waals surface area contributed by atoms with Crippen LogP contribution in [0.3, 0.4) is 0 Å². The van der Waals surface area contributed by atoms with Crippen LogP contribution in [-0.2, 0) is 22.1 Å². The summed E-state index contributed by atoms with van der Waals surface area (Å²) in [6.07, 6.45) is 0. The maximum Gasteiger partial charge on any atom is 0.156 e.